The second-order valence-electron chi connectivity index (χ2n) is 2.67. The van der Waals surface area contributed by atoms with Crippen LogP contribution in [0.3, 0.4) is 0 Å². The molecule has 59 valence electrons. The van der Waals surface area contributed by atoms with Gasteiger partial charge >= 0.3 is 51.4 Å². The average molecular weight is 178 g/mol. The van der Waals surface area contributed by atoms with Crippen LogP contribution in [0.1, 0.15) is 45.4 Å². The first-order valence-corrected chi connectivity index (χ1v) is 4.36. The summed E-state index contributed by atoms with van der Waals surface area (Å²) in [6.07, 6.45) is 12.1. The third-order valence-electron chi connectivity index (χ3n) is 1.64. The Morgan fingerprint density at radius 3 is 2.27 bits per heavy atom. The summed E-state index contributed by atoms with van der Waals surface area (Å²) in [5.74, 6) is 0. The van der Waals surface area contributed by atoms with Gasteiger partial charge in [0.15, 0.2) is 0 Å². The van der Waals surface area contributed by atoms with E-state index in [0.29, 0.717) is 0 Å². The van der Waals surface area contributed by atoms with E-state index in [4.69, 9.17) is 0 Å². The van der Waals surface area contributed by atoms with Crippen molar-refractivity contribution in [1.82, 2.24) is 0 Å². The van der Waals surface area contributed by atoms with Crippen LogP contribution in [0.15, 0.2) is 12.7 Å². The Morgan fingerprint density at radius 1 is 1.09 bits per heavy atom. The topological polar surface area (TPSA) is 0 Å². The summed E-state index contributed by atoms with van der Waals surface area (Å²) in [5.41, 5.74) is 0. The van der Waals surface area contributed by atoms with Gasteiger partial charge in [0.05, 0.1) is 0 Å². The molecular weight excluding hydrogens is 159 g/mol. The molecule has 0 spiro atoms. The molecule has 0 amide bonds. The Hall–Kier alpha value is 1.38. The molecule has 0 aromatic heterocycles. The van der Waals surface area contributed by atoms with Gasteiger partial charge in [-0.05, 0) is 12.8 Å². The summed E-state index contributed by atoms with van der Waals surface area (Å²) in [6.45, 7) is 5.88. The zero-order valence-corrected chi connectivity index (χ0v) is 11.2. The van der Waals surface area contributed by atoms with E-state index in [-0.39, 0.29) is 51.4 Å². The molecule has 0 rings (SSSR count). The molecule has 0 saturated heterocycles. The van der Waals surface area contributed by atoms with Crippen molar-refractivity contribution in [3.63, 3.8) is 0 Å². The van der Waals surface area contributed by atoms with E-state index in [2.05, 4.69) is 19.9 Å². The third kappa shape index (κ3) is 14.3. The normalized spacial score (nSPS) is 8.82. The van der Waals surface area contributed by atoms with Crippen LogP contribution in [0.4, 0.5) is 0 Å². The molecule has 0 unspecified atom stereocenters. The zero-order chi connectivity index (χ0) is 7.66. The van der Waals surface area contributed by atoms with Gasteiger partial charge in [0.2, 0.25) is 0 Å². The summed E-state index contributed by atoms with van der Waals surface area (Å²) in [7, 11) is 0. The summed E-state index contributed by atoms with van der Waals surface area (Å²) in [5, 5.41) is 0. The first-order valence-electron chi connectivity index (χ1n) is 4.36. The molecule has 0 aromatic rings. The fourth-order valence-corrected chi connectivity index (χ4v) is 0.984. The smallest absolute Gasteiger partial charge is 0.103 e. The van der Waals surface area contributed by atoms with E-state index < -0.39 is 0 Å². The molecule has 11 heavy (non-hydrogen) atoms. The van der Waals surface area contributed by atoms with Gasteiger partial charge in [-0.3, -0.25) is 0 Å². The van der Waals surface area contributed by atoms with Crippen molar-refractivity contribution in [2.24, 2.45) is 0 Å². The van der Waals surface area contributed by atoms with Gasteiger partial charge in [0.25, 0.3) is 0 Å². The van der Waals surface area contributed by atoms with Crippen molar-refractivity contribution in [1.29, 1.82) is 0 Å². The molecule has 0 bridgehead atoms. The van der Waals surface area contributed by atoms with E-state index in [1.54, 1.807) is 0 Å². The third-order valence-corrected chi connectivity index (χ3v) is 1.64. The van der Waals surface area contributed by atoms with Crippen LogP contribution in [0, 0.1) is 6.42 Å². The van der Waals surface area contributed by atoms with Gasteiger partial charge in [0.1, 0.15) is 0 Å². The quantitative estimate of drug-likeness (QED) is 0.398. The van der Waals surface area contributed by atoms with Crippen LogP contribution >= 0.6 is 0 Å². The maximum Gasteiger partial charge on any atom is 1.00 e. The number of unbranched alkanes of at least 4 members (excludes halogenated alkanes) is 6. The van der Waals surface area contributed by atoms with Gasteiger partial charge in [-0.1, -0.05) is 45.1 Å². The molecule has 0 aliphatic heterocycles. The standard InChI is InChI=1S/C10H19.K/c1-3-5-7-9-10-8-6-4-2;/h3,5H,1,4,6-10H2,2H3;/q;+1. The zero-order valence-electron chi connectivity index (χ0n) is 8.10. The van der Waals surface area contributed by atoms with Crippen LogP contribution in [-0.2, 0) is 0 Å². The van der Waals surface area contributed by atoms with Gasteiger partial charge in [-0.15, -0.1) is 6.58 Å². The van der Waals surface area contributed by atoms with Crippen molar-refractivity contribution in [2.75, 3.05) is 0 Å². The van der Waals surface area contributed by atoms with E-state index in [1.807, 2.05) is 6.08 Å². The van der Waals surface area contributed by atoms with Gasteiger partial charge in [-0.25, -0.2) is 0 Å². The second kappa shape index (κ2) is 13.9. The van der Waals surface area contributed by atoms with Crippen molar-refractivity contribution in [3.05, 3.63) is 19.1 Å². The summed E-state index contributed by atoms with van der Waals surface area (Å²) in [4.78, 5) is 0. The predicted octanol–water partition coefficient (Wildman–Crippen LogP) is 0.741. The molecule has 0 aliphatic rings. The predicted molar refractivity (Wildman–Crippen MR) is 47.9 cm³/mol. The van der Waals surface area contributed by atoms with Crippen molar-refractivity contribution >= 4 is 0 Å². The molecule has 0 atom stereocenters. The second-order valence-corrected chi connectivity index (χ2v) is 2.67. The largest absolute Gasteiger partial charge is 1.00 e. The molecule has 0 aliphatic carbocycles. The van der Waals surface area contributed by atoms with Gasteiger partial charge < -0.3 is 0 Å². The first-order chi connectivity index (χ1) is 4.91. The van der Waals surface area contributed by atoms with Crippen molar-refractivity contribution in [2.45, 2.75) is 45.4 Å². The van der Waals surface area contributed by atoms with Crippen molar-refractivity contribution < 1.29 is 51.4 Å². The Labute approximate surface area is 114 Å². The summed E-state index contributed by atoms with van der Waals surface area (Å²) >= 11 is 0. The fourth-order valence-electron chi connectivity index (χ4n) is 0.984. The molecule has 0 heterocycles. The maximum atomic E-state index is 3.64. The molecule has 1 radical (unpaired) electrons. The van der Waals surface area contributed by atoms with Gasteiger partial charge in [-0.2, -0.15) is 0 Å². The van der Waals surface area contributed by atoms with E-state index >= 15 is 0 Å². The van der Waals surface area contributed by atoms with E-state index in [9.17, 15) is 0 Å². The monoisotopic (exact) mass is 178 g/mol. The number of rotatable bonds is 7. The van der Waals surface area contributed by atoms with Crippen molar-refractivity contribution in [3.8, 4) is 0 Å². The molecule has 0 nitrogen and oxygen atoms in total. The van der Waals surface area contributed by atoms with Crippen LogP contribution < -0.4 is 51.4 Å². The van der Waals surface area contributed by atoms with Crippen LogP contribution in [0.2, 0.25) is 0 Å². The van der Waals surface area contributed by atoms with E-state index in [0.717, 1.165) is 0 Å². The Bertz CT molecular complexity index is 69.3. The minimum atomic E-state index is 0. The minimum Gasteiger partial charge on any atom is -0.103 e. The number of allylic oxidation sites excluding steroid dienone is 1. The average Bonchev–Trinajstić information content (AvgIpc) is 1.97. The van der Waals surface area contributed by atoms with Crippen LogP contribution in [-0.4, -0.2) is 0 Å². The molecule has 0 saturated carbocycles. The Morgan fingerprint density at radius 2 is 1.73 bits per heavy atom. The summed E-state index contributed by atoms with van der Waals surface area (Å²) < 4.78 is 0. The summed E-state index contributed by atoms with van der Waals surface area (Å²) in [6, 6.07) is 0. The molecule has 0 N–H and O–H groups in total. The number of hydrogen-bond donors (Lipinski definition) is 0. The first kappa shape index (κ1) is 14.9. The van der Waals surface area contributed by atoms with Gasteiger partial charge in [0, 0.05) is 0 Å². The minimum absolute atomic E-state index is 0. The van der Waals surface area contributed by atoms with Crippen LogP contribution in [0.5, 0.6) is 0 Å². The maximum absolute atomic E-state index is 3.64. The number of hydrogen-bond acceptors (Lipinski definition) is 0. The molecular formula is C10H19K+. The fraction of sp³-hybridized carbons (Fsp3) is 0.700. The van der Waals surface area contributed by atoms with Crippen LogP contribution in [0.25, 0.3) is 0 Å². The Balaban J connectivity index is 0. The molecule has 1 heteroatoms. The Kier molecular flexibility index (Phi) is 18.8. The molecule has 0 fully saturated rings. The molecule has 0 aromatic carbocycles. The van der Waals surface area contributed by atoms with E-state index in [1.165, 1.54) is 38.5 Å². The SMILES string of the molecule is C=C[CH]CCCCCCC.[K+].